The number of benzene rings is 2. The maximum atomic E-state index is 13.6. The van der Waals surface area contributed by atoms with Gasteiger partial charge in [-0.15, -0.1) is 0 Å². The average Bonchev–Trinajstić information content (AvgIpc) is 3.20. The van der Waals surface area contributed by atoms with Crippen molar-refractivity contribution in [2.75, 3.05) is 19.4 Å². The molecule has 2 heterocycles. The molecule has 1 aliphatic rings. The maximum Gasteiger partial charge on any atom is 0.220 e. The number of anilines is 1. The number of methoxy groups -OCH3 is 1. The second-order valence-electron chi connectivity index (χ2n) is 5.92. The summed E-state index contributed by atoms with van der Waals surface area (Å²) in [7, 11) is 1.34. The van der Waals surface area contributed by atoms with Gasteiger partial charge in [-0.3, -0.25) is 4.79 Å². The van der Waals surface area contributed by atoms with E-state index in [-0.39, 0.29) is 30.2 Å². The van der Waals surface area contributed by atoms with E-state index < -0.39 is 17.6 Å². The van der Waals surface area contributed by atoms with Crippen LogP contribution in [-0.2, 0) is 4.79 Å². The van der Waals surface area contributed by atoms with E-state index in [1.165, 1.54) is 7.11 Å². The zero-order valence-corrected chi connectivity index (χ0v) is 15.0. The van der Waals surface area contributed by atoms with Crippen LogP contribution in [0, 0.1) is 11.6 Å². The fourth-order valence-electron chi connectivity index (χ4n) is 2.81. The number of nitrogens with one attached hydrogen (secondary N) is 1. The molecule has 1 atom stereocenters. The number of aromatic nitrogens is 1. The van der Waals surface area contributed by atoms with Crippen molar-refractivity contribution in [3.05, 3.63) is 52.6 Å². The van der Waals surface area contributed by atoms with Crippen LogP contribution in [0.2, 0.25) is 5.02 Å². The number of hydrogen-bond donors (Lipinski definition) is 2. The first-order valence-electron chi connectivity index (χ1n) is 7.99. The van der Waals surface area contributed by atoms with Crippen molar-refractivity contribution in [2.24, 2.45) is 0 Å². The van der Waals surface area contributed by atoms with Gasteiger partial charge in [0.25, 0.3) is 0 Å². The monoisotopic (exact) mass is 395 g/mol. The first-order chi connectivity index (χ1) is 12.9. The van der Waals surface area contributed by atoms with Gasteiger partial charge in [-0.2, -0.15) is 0 Å². The molecule has 1 unspecified atom stereocenters. The molecule has 142 valence electrons. The molecule has 1 fully saturated rings. The van der Waals surface area contributed by atoms with Crippen LogP contribution in [0.5, 0.6) is 5.75 Å². The Morgan fingerprint density at radius 1 is 1.30 bits per heavy atom. The molecule has 2 aromatic carbocycles. The van der Waals surface area contributed by atoms with Crippen LogP contribution in [0.4, 0.5) is 14.6 Å². The minimum Gasteiger partial charge on any atom is -0.497 e. The van der Waals surface area contributed by atoms with Crippen LogP contribution in [0.15, 0.2) is 34.9 Å². The molecule has 3 aromatic rings. The molecule has 9 heteroatoms. The summed E-state index contributed by atoms with van der Waals surface area (Å²) >= 11 is 5.70. The van der Waals surface area contributed by atoms with Gasteiger partial charge in [0, 0.05) is 47.7 Å². The highest BCUT2D eigenvalue weighted by molar-refractivity contribution is 6.31. The van der Waals surface area contributed by atoms with Gasteiger partial charge in [-0.25, -0.2) is 8.78 Å². The minimum absolute atomic E-state index is 0.0425. The molecule has 3 N–H and O–H groups in total. The van der Waals surface area contributed by atoms with Gasteiger partial charge in [0.1, 0.15) is 17.4 Å². The van der Waals surface area contributed by atoms with Crippen molar-refractivity contribution in [2.45, 2.75) is 12.3 Å². The molecule has 1 aromatic heterocycles. The van der Waals surface area contributed by atoms with Gasteiger partial charge in [0.15, 0.2) is 11.4 Å². The molecule has 1 aliphatic heterocycles. The number of hydrogen-bond acceptors (Lipinski definition) is 5. The topological polar surface area (TPSA) is 90.4 Å². The molecule has 0 bridgehead atoms. The SMILES string of the molecule is COc1cc(F)c(C2CNC(=O)C2)c(F)c1.Nc1noc2cc(Cl)ccc12. The number of nitrogens with zero attached hydrogens (tertiary/aromatic N) is 1. The first kappa shape index (κ1) is 18.9. The van der Waals surface area contributed by atoms with Gasteiger partial charge in [0.2, 0.25) is 5.91 Å². The average molecular weight is 396 g/mol. The van der Waals surface area contributed by atoms with Crippen LogP contribution >= 0.6 is 11.6 Å². The molecular formula is C18H16ClF2N3O3. The van der Waals surface area contributed by atoms with E-state index in [9.17, 15) is 13.6 Å². The van der Waals surface area contributed by atoms with Crippen LogP contribution in [0.3, 0.4) is 0 Å². The summed E-state index contributed by atoms with van der Waals surface area (Å²) in [5.41, 5.74) is 6.06. The molecule has 4 rings (SSSR count). The quantitative estimate of drug-likeness (QED) is 0.691. The predicted molar refractivity (Wildman–Crippen MR) is 96.7 cm³/mol. The second kappa shape index (κ2) is 7.79. The molecule has 6 nitrogen and oxygen atoms in total. The van der Waals surface area contributed by atoms with E-state index in [0.717, 1.165) is 17.5 Å². The van der Waals surface area contributed by atoms with Crippen LogP contribution < -0.4 is 15.8 Å². The van der Waals surface area contributed by atoms with Gasteiger partial charge in [0.05, 0.1) is 12.5 Å². The molecule has 27 heavy (non-hydrogen) atoms. The van der Waals surface area contributed by atoms with Crippen molar-refractivity contribution < 1.29 is 22.8 Å². The predicted octanol–water partition coefficient (Wildman–Crippen LogP) is 3.64. The minimum atomic E-state index is -0.668. The fourth-order valence-corrected chi connectivity index (χ4v) is 2.97. The third-order valence-electron chi connectivity index (χ3n) is 4.14. The summed E-state index contributed by atoms with van der Waals surface area (Å²) in [5.74, 6) is -1.41. The molecule has 1 saturated heterocycles. The van der Waals surface area contributed by atoms with Crippen molar-refractivity contribution in [1.82, 2.24) is 10.5 Å². The highest BCUT2D eigenvalue weighted by atomic mass is 35.5. The smallest absolute Gasteiger partial charge is 0.220 e. The number of carbonyl (C=O) groups excluding carboxylic acids is 1. The Labute approximate surface area is 158 Å². The number of amides is 1. The third kappa shape index (κ3) is 4.11. The zero-order valence-electron chi connectivity index (χ0n) is 14.3. The van der Waals surface area contributed by atoms with Gasteiger partial charge >= 0.3 is 0 Å². The molecule has 0 radical (unpaired) electrons. The second-order valence-corrected chi connectivity index (χ2v) is 6.35. The van der Waals surface area contributed by atoms with Crippen molar-refractivity contribution >= 4 is 34.3 Å². The Hall–Kier alpha value is -2.87. The van der Waals surface area contributed by atoms with E-state index in [1.807, 2.05) is 0 Å². The summed E-state index contributed by atoms with van der Waals surface area (Å²) in [5, 5.41) is 7.55. The Bertz CT molecular complexity index is 970. The summed E-state index contributed by atoms with van der Waals surface area (Å²) in [4.78, 5) is 11.0. The lowest BCUT2D eigenvalue weighted by Crippen LogP contribution is -2.14. The summed E-state index contributed by atoms with van der Waals surface area (Å²) < 4.78 is 36.9. The number of nitrogens with two attached hydrogens (primary N) is 1. The van der Waals surface area contributed by atoms with Crippen molar-refractivity contribution in [3.8, 4) is 5.75 Å². The highest BCUT2D eigenvalue weighted by Crippen LogP contribution is 2.30. The van der Waals surface area contributed by atoms with Crippen LogP contribution in [0.1, 0.15) is 17.9 Å². The standard InChI is InChI=1S/C11H11F2NO2.C7H5ClN2O/c1-16-7-3-8(12)11(9(13)4-7)6-2-10(15)14-5-6;8-4-1-2-5-6(3-4)11-10-7(5)9/h3-4,6H,2,5H2,1H3,(H,14,15);1-3H,(H2,9,10). The van der Waals surface area contributed by atoms with Gasteiger partial charge in [-0.05, 0) is 12.1 Å². The molecule has 0 aliphatic carbocycles. The van der Waals surface area contributed by atoms with E-state index >= 15 is 0 Å². The number of rotatable bonds is 2. The molecule has 0 saturated carbocycles. The Balaban J connectivity index is 0.000000166. The lowest BCUT2D eigenvalue weighted by Gasteiger charge is -2.11. The lowest BCUT2D eigenvalue weighted by atomic mass is 9.97. The zero-order chi connectivity index (χ0) is 19.6. The summed E-state index contributed by atoms with van der Waals surface area (Å²) in [6.45, 7) is 0.277. The van der Waals surface area contributed by atoms with Crippen molar-refractivity contribution in [1.29, 1.82) is 0 Å². The van der Waals surface area contributed by atoms with Gasteiger partial charge < -0.3 is 20.3 Å². The Morgan fingerprint density at radius 3 is 2.59 bits per heavy atom. The molecule has 0 spiro atoms. The fraction of sp³-hybridized carbons (Fsp3) is 0.222. The maximum absolute atomic E-state index is 13.6. The number of halogens is 3. The molecular weight excluding hydrogens is 380 g/mol. The Morgan fingerprint density at radius 2 is 2.00 bits per heavy atom. The van der Waals surface area contributed by atoms with E-state index in [4.69, 9.17) is 26.6 Å². The summed E-state index contributed by atoms with van der Waals surface area (Å²) in [6.07, 6.45) is 0.125. The normalized spacial score (nSPS) is 16.0. The van der Waals surface area contributed by atoms with E-state index in [1.54, 1.807) is 18.2 Å². The Kier molecular flexibility index (Phi) is 5.46. The van der Waals surface area contributed by atoms with E-state index in [2.05, 4.69) is 10.5 Å². The number of fused-ring (bicyclic) bond motifs is 1. The third-order valence-corrected chi connectivity index (χ3v) is 4.37. The highest BCUT2D eigenvalue weighted by Gasteiger charge is 2.28. The summed E-state index contributed by atoms with van der Waals surface area (Å²) in [6, 6.07) is 7.46. The lowest BCUT2D eigenvalue weighted by molar-refractivity contribution is -0.119. The van der Waals surface area contributed by atoms with Crippen LogP contribution in [-0.4, -0.2) is 24.7 Å². The molecule has 1 amide bonds. The number of ether oxygens (including phenoxy) is 1. The van der Waals surface area contributed by atoms with Crippen molar-refractivity contribution in [3.63, 3.8) is 0 Å². The van der Waals surface area contributed by atoms with Crippen LogP contribution in [0.25, 0.3) is 11.0 Å². The number of nitrogen functional groups attached to an aromatic ring is 1. The van der Waals surface area contributed by atoms with Gasteiger partial charge in [-0.1, -0.05) is 16.8 Å². The largest absolute Gasteiger partial charge is 0.497 e. The number of carbonyl (C=O) groups is 1. The van der Waals surface area contributed by atoms with E-state index in [0.29, 0.717) is 16.4 Å². The first-order valence-corrected chi connectivity index (χ1v) is 8.37.